The van der Waals surface area contributed by atoms with Crippen molar-refractivity contribution in [2.75, 3.05) is 46.1 Å². The molecule has 132 valence electrons. The third-order valence-electron chi connectivity index (χ3n) is 4.53. The number of hydrogen-bond acceptors (Lipinski definition) is 7. The van der Waals surface area contributed by atoms with Crippen molar-refractivity contribution < 1.29 is 9.47 Å². The predicted octanol–water partition coefficient (Wildman–Crippen LogP) is 1.40. The quantitative estimate of drug-likeness (QED) is 0.754. The second-order valence-corrected chi connectivity index (χ2v) is 6.96. The van der Waals surface area contributed by atoms with Crippen molar-refractivity contribution in [2.45, 2.75) is 19.0 Å². The second kappa shape index (κ2) is 8.71. The molecule has 3 unspecified atom stereocenters. The smallest absolute Gasteiger partial charge is 0.158 e. The van der Waals surface area contributed by atoms with E-state index in [9.17, 15) is 0 Å². The molecule has 3 rings (SSSR count). The number of hydrogen-bond donors (Lipinski definition) is 1. The molecule has 0 bridgehead atoms. The molecule has 0 aliphatic carbocycles. The van der Waals surface area contributed by atoms with Gasteiger partial charge >= 0.3 is 0 Å². The molecular weight excluding hydrogens is 324 g/mol. The number of aromatic nitrogens is 1. The number of rotatable bonds is 7. The lowest BCUT2D eigenvalue weighted by molar-refractivity contribution is 0.0000536. The maximum atomic E-state index is 5.69. The molecule has 0 amide bonds. The largest absolute Gasteiger partial charge is 0.381 e. The molecule has 6 nitrogen and oxygen atoms in total. The van der Waals surface area contributed by atoms with Crippen LogP contribution in [0.4, 0.5) is 0 Å². The maximum absolute atomic E-state index is 5.69. The van der Waals surface area contributed by atoms with Gasteiger partial charge in [-0.25, -0.2) is 4.98 Å². The highest BCUT2D eigenvalue weighted by Crippen LogP contribution is 2.18. The van der Waals surface area contributed by atoms with Crippen LogP contribution in [0.15, 0.2) is 29.2 Å². The molecule has 7 heteroatoms. The van der Waals surface area contributed by atoms with Crippen LogP contribution in [0.5, 0.6) is 0 Å². The number of nitrogens with one attached hydrogen (secondary N) is 1. The van der Waals surface area contributed by atoms with Crippen molar-refractivity contribution in [3.8, 4) is 0 Å². The molecular formula is C17H26N4O2S. The maximum Gasteiger partial charge on any atom is 0.158 e. The van der Waals surface area contributed by atoms with Gasteiger partial charge in [-0.2, -0.15) is 0 Å². The topological polar surface area (TPSA) is 59.0 Å². The Morgan fingerprint density at radius 2 is 2.50 bits per heavy atom. The van der Waals surface area contributed by atoms with E-state index < -0.39 is 0 Å². The van der Waals surface area contributed by atoms with Gasteiger partial charge < -0.3 is 14.8 Å². The Morgan fingerprint density at radius 3 is 3.25 bits per heavy atom. The zero-order valence-corrected chi connectivity index (χ0v) is 15.0. The lowest BCUT2D eigenvalue weighted by Gasteiger charge is -2.40. The Labute approximate surface area is 147 Å². The van der Waals surface area contributed by atoms with Gasteiger partial charge in [-0.3, -0.25) is 9.89 Å². The van der Waals surface area contributed by atoms with Crippen LogP contribution in [0.3, 0.4) is 0 Å². The van der Waals surface area contributed by atoms with Crippen molar-refractivity contribution in [1.82, 2.24) is 15.2 Å². The minimum absolute atomic E-state index is 0.274. The standard InChI is InChI=1S/C17H26N4O2S/c1-3-14-12-23-7-6-21(14)10-15-13(11-22-4-2)9-19-16(20-15)17-18-5-8-24-17/h3,5,8,13-15H,1,4,6-7,9-12H2,2H3,(H,19,20). The summed E-state index contributed by atoms with van der Waals surface area (Å²) in [6, 6.07) is 0.559. The summed E-state index contributed by atoms with van der Waals surface area (Å²) in [5.41, 5.74) is 0. The number of amidine groups is 1. The van der Waals surface area contributed by atoms with E-state index in [0.717, 1.165) is 56.9 Å². The minimum atomic E-state index is 0.274. The molecule has 0 spiro atoms. The van der Waals surface area contributed by atoms with Crippen LogP contribution >= 0.6 is 11.3 Å². The van der Waals surface area contributed by atoms with Gasteiger partial charge in [0.1, 0.15) is 0 Å². The number of aliphatic imine (C=N–C) groups is 1. The first kappa shape index (κ1) is 17.5. The lowest BCUT2D eigenvalue weighted by atomic mass is 9.97. The molecule has 0 aromatic carbocycles. The highest BCUT2D eigenvalue weighted by Gasteiger charge is 2.32. The number of thiazole rings is 1. The van der Waals surface area contributed by atoms with Gasteiger partial charge in [-0.1, -0.05) is 6.08 Å². The first-order chi connectivity index (χ1) is 11.8. The van der Waals surface area contributed by atoms with Crippen LogP contribution < -0.4 is 5.32 Å². The summed E-state index contributed by atoms with van der Waals surface area (Å²) in [5.74, 6) is 1.27. The predicted molar refractivity (Wildman–Crippen MR) is 96.8 cm³/mol. The van der Waals surface area contributed by atoms with E-state index in [1.807, 2.05) is 24.6 Å². The highest BCUT2D eigenvalue weighted by molar-refractivity contribution is 7.11. The van der Waals surface area contributed by atoms with E-state index in [1.165, 1.54) is 0 Å². The normalized spacial score (nSPS) is 28.2. The van der Waals surface area contributed by atoms with Crippen LogP contribution in [0.1, 0.15) is 11.9 Å². The number of nitrogens with zero attached hydrogens (tertiary/aromatic N) is 3. The zero-order valence-electron chi connectivity index (χ0n) is 14.2. The highest BCUT2D eigenvalue weighted by atomic mass is 32.1. The van der Waals surface area contributed by atoms with Gasteiger partial charge in [-0.05, 0) is 6.92 Å². The molecule has 1 aromatic rings. The average molecular weight is 350 g/mol. The van der Waals surface area contributed by atoms with Gasteiger partial charge in [0.05, 0.1) is 25.9 Å². The van der Waals surface area contributed by atoms with Crippen LogP contribution in [0.2, 0.25) is 0 Å². The fraction of sp³-hybridized carbons (Fsp3) is 0.647. The van der Waals surface area contributed by atoms with Gasteiger partial charge in [-0.15, -0.1) is 17.9 Å². The second-order valence-electron chi connectivity index (χ2n) is 6.07. The molecule has 1 fully saturated rings. The van der Waals surface area contributed by atoms with Crippen molar-refractivity contribution in [3.63, 3.8) is 0 Å². The Bertz CT molecular complexity index is 549. The van der Waals surface area contributed by atoms with E-state index in [2.05, 4.69) is 21.8 Å². The van der Waals surface area contributed by atoms with Gasteiger partial charge in [0.2, 0.25) is 0 Å². The number of ether oxygens (including phenoxy) is 2. The van der Waals surface area contributed by atoms with Crippen molar-refractivity contribution in [1.29, 1.82) is 0 Å². The van der Waals surface area contributed by atoms with Crippen LogP contribution in [-0.4, -0.2) is 73.9 Å². The van der Waals surface area contributed by atoms with Gasteiger partial charge in [0, 0.05) is 49.8 Å². The monoisotopic (exact) mass is 350 g/mol. The van der Waals surface area contributed by atoms with E-state index >= 15 is 0 Å². The summed E-state index contributed by atoms with van der Waals surface area (Å²) in [4.78, 5) is 11.5. The van der Waals surface area contributed by atoms with E-state index in [4.69, 9.17) is 14.5 Å². The SMILES string of the molecule is C=CC1COCCN1CC1NC(c2nccs2)=NCC1COCC. The van der Waals surface area contributed by atoms with E-state index in [1.54, 1.807) is 11.3 Å². The third-order valence-corrected chi connectivity index (χ3v) is 5.31. The summed E-state index contributed by atoms with van der Waals surface area (Å²) >= 11 is 1.62. The number of morpholine rings is 1. The Morgan fingerprint density at radius 1 is 1.58 bits per heavy atom. The van der Waals surface area contributed by atoms with Crippen molar-refractivity contribution in [3.05, 3.63) is 29.2 Å². The molecule has 1 N–H and O–H groups in total. The average Bonchev–Trinajstić information content (AvgIpc) is 3.16. The van der Waals surface area contributed by atoms with Gasteiger partial charge in [0.25, 0.3) is 0 Å². The van der Waals surface area contributed by atoms with Crippen LogP contribution in [0, 0.1) is 5.92 Å². The summed E-state index contributed by atoms with van der Waals surface area (Å²) < 4.78 is 11.3. The minimum Gasteiger partial charge on any atom is -0.381 e. The fourth-order valence-corrected chi connectivity index (χ4v) is 3.74. The Hall–Kier alpha value is -1.28. The Kier molecular flexibility index (Phi) is 6.37. The fourth-order valence-electron chi connectivity index (χ4n) is 3.13. The molecule has 0 saturated carbocycles. The van der Waals surface area contributed by atoms with Gasteiger partial charge in [0.15, 0.2) is 10.8 Å². The zero-order chi connectivity index (χ0) is 16.8. The summed E-state index contributed by atoms with van der Waals surface area (Å²) in [6.07, 6.45) is 3.80. The molecule has 3 atom stereocenters. The summed E-state index contributed by atoms with van der Waals surface area (Å²) in [5, 5.41) is 6.55. The van der Waals surface area contributed by atoms with Crippen molar-refractivity contribution >= 4 is 17.2 Å². The first-order valence-corrected chi connectivity index (χ1v) is 9.42. The van der Waals surface area contributed by atoms with Crippen LogP contribution in [-0.2, 0) is 9.47 Å². The first-order valence-electron chi connectivity index (χ1n) is 8.54. The molecule has 24 heavy (non-hydrogen) atoms. The van der Waals surface area contributed by atoms with Crippen LogP contribution in [0.25, 0.3) is 0 Å². The summed E-state index contributed by atoms with van der Waals surface area (Å²) in [7, 11) is 0. The molecule has 0 radical (unpaired) electrons. The molecule has 2 aliphatic heterocycles. The molecule has 1 saturated heterocycles. The van der Waals surface area contributed by atoms with Crippen molar-refractivity contribution in [2.24, 2.45) is 10.9 Å². The molecule has 3 heterocycles. The third kappa shape index (κ3) is 4.22. The lowest BCUT2D eigenvalue weighted by Crippen LogP contribution is -2.56. The Balaban J connectivity index is 1.70. The molecule has 1 aromatic heterocycles. The van der Waals surface area contributed by atoms with E-state index in [0.29, 0.717) is 5.92 Å². The van der Waals surface area contributed by atoms with E-state index in [-0.39, 0.29) is 12.1 Å². The summed E-state index contributed by atoms with van der Waals surface area (Å²) in [6.45, 7) is 11.6. The molecule has 2 aliphatic rings.